The van der Waals surface area contributed by atoms with E-state index in [1.807, 2.05) is 0 Å². The fourth-order valence-corrected chi connectivity index (χ4v) is 1.85. The lowest BCUT2D eigenvalue weighted by atomic mass is 10.1. The molecular weight excluding hydrogens is 146 g/mol. The summed E-state index contributed by atoms with van der Waals surface area (Å²) in [4.78, 5) is 2.64. The lowest BCUT2D eigenvalue weighted by Crippen LogP contribution is -2.34. The minimum atomic E-state index is 0.806. The highest BCUT2D eigenvalue weighted by Gasteiger charge is 2.25. The molecule has 1 unspecified atom stereocenters. The van der Waals surface area contributed by atoms with Crippen molar-refractivity contribution in [2.24, 2.45) is 5.92 Å². The Bertz CT molecular complexity index is 118. The van der Waals surface area contributed by atoms with E-state index < -0.39 is 0 Å². The van der Waals surface area contributed by atoms with Crippen LogP contribution in [-0.2, 0) is 0 Å². The van der Waals surface area contributed by atoms with E-state index in [1.54, 1.807) is 0 Å². The first kappa shape index (κ1) is 10.0. The molecule has 0 bridgehead atoms. The SMILES string of the molecule is CCCC(C)N(CC)CC1CC1. The zero-order chi connectivity index (χ0) is 8.97. The van der Waals surface area contributed by atoms with Gasteiger partial charge in [0.1, 0.15) is 0 Å². The Kier molecular flexibility index (Phi) is 4.07. The molecule has 1 aliphatic rings. The average molecular weight is 169 g/mol. The van der Waals surface area contributed by atoms with Gasteiger partial charge in [-0.05, 0) is 38.6 Å². The van der Waals surface area contributed by atoms with Crippen molar-refractivity contribution in [1.29, 1.82) is 0 Å². The van der Waals surface area contributed by atoms with Crippen LogP contribution in [0.5, 0.6) is 0 Å². The fraction of sp³-hybridized carbons (Fsp3) is 1.00. The van der Waals surface area contributed by atoms with E-state index in [2.05, 4.69) is 25.7 Å². The van der Waals surface area contributed by atoms with Gasteiger partial charge in [-0.1, -0.05) is 20.3 Å². The molecule has 1 fully saturated rings. The summed E-state index contributed by atoms with van der Waals surface area (Å²) in [5, 5.41) is 0. The molecule has 0 heterocycles. The van der Waals surface area contributed by atoms with Gasteiger partial charge in [0, 0.05) is 12.6 Å². The summed E-state index contributed by atoms with van der Waals surface area (Å²) in [5.41, 5.74) is 0. The molecule has 0 saturated heterocycles. The minimum absolute atomic E-state index is 0.806. The summed E-state index contributed by atoms with van der Waals surface area (Å²) < 4.78 is 0. The van der Waals surface area contributed by atoms with E-state index in [-0.39, 0.29) is 0 Å². The van der Waals surface area contributed by atoms with Crippen LogP contribution in [0, 0.1) is 5.92 Å². The molecule has 72 valence electrons. The third-order valence-electron chi connectivity index (χ3n) is 2.93. The molecule has 0 aliphatic heterocycles. The highest BCUT2D eigenvalue weighted by atomic mass is 15.1. The van der Waals surface area contributed by atoms with Gasteiger partial charge in [-0.15, -0.1) is 0 Å². The molecular formula is C11H23N. The maximum atomic E-state index is 2.64. The molecule has 1 aliphatic carbocycles. The first-order valence-electron chi connectivity index (χ1n) is 5.52. The van der Waals surface area contributed by atoms with Crippen molar-refractivity contribution in [3.05, 3.63) is 0 Å². The molecule has 1 heteroatoms. The standard InChI is InChI=1S/C11H23N/c1-4-6-10(3)12(5-2)9-11-7-8-11/h10-11H,4-9H2,1-3H3. The zero-order valence-corrected chi connectivity index (χ0v) is 8.84. The molecule has 0 N–H and O–H groups in total. The summed E-state index contributed by atoms with van der Waals surface area (Å²) in [6.07, 6.45) is 5.65. The Morgan fingerprint density at radius 1 is 1.33 bits per heavy atom. The van der Waals surface area contributed by atoms with E-state index in [0.717, 1.165) is 12.0 Å². The predicted molar refractivity (Wildman–Crippen MR) is 54.3 cm³/mol. The first-order valence-corrected chi connectivity index (χ1v) is 5.52. The van der Waals surface area contributed by atoms with Crippen LogP contribution < -0.4 is 0 Å². The number of nitrogens with zero attached hydrogens (tertiary/aromatic N) is 1. The molecule has 0 spiro atoms. The zero-order valence-electron chi connectivity index (χ0n) is 8.84. The van der Waals surface area contributed by atoms with E-state index in [4.69, 9.17) is 0 Å². The number of hydrogen-bond donors (Lipinski definition) is 0. The lowest BCUT2D eigenvalue weighted by molar-refractivity contribution is 0.200. The minimum Gasteiger partial charge on any atom is -0.301 e. The molecule has 0 aromatic carbocycles. The van der Waals surface area contributed by atoms with Gasteiger partial charge in [0.05, 0.1) is 0 Å². The maximum absolute atomic E-state index is 2.64. The topological polar surface area (TPSA) is 3.24 Å². The largest absolute Gasteiger partial charge is 0.301 e. The second-order valence-electron chi connectivity index (χ2n) is 4.17. The van der Waals surface area contributed by atoms with Crippen LogP contribution >= 0.6 is 0 Å². The molecule has 12 heavy (non-hydrogen) atoms. The van der Waals surface area contributed by atoms with Crippen molar-refractivity contribution in [2.75, 3.05) is 13.1 Å². The van der Waals surface area contributed by atoms with Gasteiger partial charge in [0.15, 0.2) is 0 Å². The first-order chi connectivity index (χ1) is 5.77. The Hall–Kier alpha value is -0.0400. The summed E-state index contributed by atoms with van der Waals surface area (Å²) in [6, 6.07) is 0.806. The fourth-order valence-electron chi connectivity index (χ4n) is 1.85. The molecule has 0 aromatic rings. The number of rotatable bonds is 6. The van der Waals surface area contributed by atoms with Gasteiger partial charge in [-0.3, -0.25) is 0 Å². The summed E-state index contributed by atoms with van der Waals surface area (Å²) in [5.74, 6) is 1.05. The normalized spacial score (nSPS) is 20.0. The monoisotopic (exact) mass is 169 g/mol. The van der Waals surface area contributed by atoms with E-state index in [9.17, 15) is 0 Å². The van der Waals surface area contributed by atoms with Crippen LogP contribution in [0.2, 0.25) is 0 Å². The van der Waals surface area contributed by atoms with Crippen molar-refractivity contribution in [1.82, 2.24) is 4.90 Å². The summed E-state index contributed by atoms with van der Waals surface area (Å²) in [6.45, 7) is 9.53. The van der Waals surface area contributed by atoms with Crippen molar-refractivity contribution in [3.63, 3.8) is 0 Å². The highest BCUT2D eigenvalue weighted by Crippen LogP contribution is 2.30. The molecule has 0 aromatic heterocycles. The molecule has 1 nitrogen and oxygen atoms in total. The molecule has 0 amide bonds. The van der Waals surface area contributed by atoms with Gasteiger partial charge >= 0.3 is 0 Å². The number of hydrogen-bond acceptors (Lipinski definition) is 1. The van der Waals surface area contributed by atoms with Crippen molar-refractivity contribution >= 4 is 0 Å². The smallest absolute Gasteiger partial charge is 0.00668 e. The second-order valence-corrected chi connectivity index (χ2v) is 4.17. The molecule has 1 atom stereocenters. The highest BCUT2D eigenvalue weighted by molar-refractivity contribution is 4.79. The Labute approximate surface area is 77.1 Å². The molecule has 1 saturated carbocycles. The summed E-state index contributed by atoms with van der Waals surface area (Å²) >= 11 is 0. The van der Waals surface area contributed by atoms with Gasteiger partial charge in [-0.2, -0.15) is 0 Å². The van der Waals surface area contributed by atoms with Crippen LogP contribution in [-0.4, -0.2) is 24.0 Å². The molecule has 0 radical (unpaired) electrons. The molecule has 1 rings (SSSR count). The average Bonchev–Trinajstić information content (AvgIpc) is 2.84. The maximum Gasteiger partial charge on any atom is 0.00668 e. The third-order valence-corrected chi connectivity index (χ3v) is 2.93. The Morgan fingerprint density at radius 3 is 2.42 bits per heavy atom. The van der Waals surface area contributed by atoms with Gasteiger partial charge in [-0.25, -0.2) is 0 Å². The van der Waals surface area contributed by atoms with Crippen LogP contribution in [0.3, 0.4) is 0 Å². The van der Waals surface area contributed by atoms with E-state index >= 15 is 0 Å². The van der Waals surface area contributed by atoms with E-state index in [1.165, 1.54) is 38.8 Å². The quantitative estimate of drug-likeness (QED) is 0.591. The Morgan fingerprint density at radius 2 is 2.00 bits per heavy atom. The van der Waals surface area contributed by atoms with Gasteiger partial charge in [0.25, 0.3) is 0 Å². The van der Waals surface area contributed by atoms with Gasteiger partial charge in [0.2, 0.25) is 0 Å². The van der Waals surface area contributed by atoms with Crippen molar-refractivity contribution in [2.45, 2.75) is 52.5 Å². The van der Waals surface area contributed by atoms with Crippen molar-refractivity contribution in [3.8, 4) is 0 Å². The Balaban J connectivity index is 2.21. The van der Waals surface area contributed by atoms with Crippen molar-refractivity contribution < 1.29 is 0 Å². The van der Waals surface area contributed by atoms with Crippen LogP contribution in [0.4, 0.5) is 0 Å². The third kappa shape index (κ3) is 3.14. The van der Waals surface area contributed by atoms with Crippen LogP contribution in [0.15, 0.2) is 0 Å². The summed E-state index contributed by atoms with van der Waals surface area (Å²) in [7, 11) is 0. The van der Waals surface area contributed by atoms with E-state index in [0.29, 0.717) is 0 Å². The second kappa shape index (κ2) is 4.86. The lowest BCUT2D eigenvalue weighted by Gasteiger charge is -2.27. The van der Waals surface area contributed by atoms with Gasteiger partial charge < -0.3 is 4.90 Å². The van der Waals surface area contributed by atoms with Crippen LogP contribution in [0.25, 0.3) is 0 Å². The predicted octanol–water partition coefficient (Wildman–Crippen LogP) is 2.91. The van der Waals surface area contributed by atoms with Crippen LogP contribution in [0.1, 0.15) is 46.5 Å².